The standard InChI is InChI=1S/C27H21N/c1-4-10-22(11-5-1)27(23-12-6-2-7-13-23,24-14-8-3-9-15-24)25-16-17-26-21(20-25)18-19-28-26/h1-20,28H. The Morgan fingerprint density at radius 1 is 0.464 bits per heavy atom. The van der Waals surface area contributed by atoms with Gasteiger partial charge in [0.25, 0.3) is 0 Å². The SMILES string of the molecule is c1ccc(C(c2ccccc2)(c2ccccc2)c2ccc3[nH]ccc3c2)cc1. The van der Waals surface area contributed by atoms with Gasteiger partial charge >= 0.3 is 0 Å². The van der Waals surface area contributed by atoms with Gasteiger partial charge in [0.15, 0.2) is 0 Å². The Hall–Kier alpha value is -3.58. The molecule has 0 spiro atoms. The van der Waals surface area contributed by atoms with E-state index >= 15 is 0 Å². The van der Waals surface area contributed by atoms with Crippen LogP contribution in [0.15, 0.2) is 121 Å². The van der Waals surface area contributed by atoms with Gasteiger partial charge in [0, 0.05) is 11.7 Å². The molecule has 4 aromatic carbocycles. The lowest BCUT2D eigenvalue weighted by Gasteiger charge is -2.37. The monoisotopic (exact) mass is 359 g/mol. The smallest absolute Gasteiger partial charge is 0.0701 e. The Bertz CT molecular complexity index is 1090. The highest BCUT2D eigenvalue weighted by Crippen LogP contribution is 2.45. The number of rotatable bonds is 4. The maximum absolute atomic E-state index is 3.32. The second-order valence-electron chi connectivity index (χ2n) is 7.13. The van der Waals surface area contributed by atoms with Gasteiger partial charge in [0.2, 0.25) is 0 Å². The van der Waals surface area contributed by atoms with Gasteiger partial charge in [0.05, 0.1) is 5.41 Å². The summed E-state index contributed by atoms with van der Waals surface area (Å²) in [5.74, 6) is 0. The minimum Gasteiger partial charge on any atom is -0.361 e. The third-order valence-corrected chi connectivity index (χ3v) is 5.61. The summed E-state index contributed by atoms with van der Waals surface area (Å²) in [4.78, 5) is 3.32. The number of aromatic nitrogens is 1. The molecule has 0 bridgehead atoms. The van der Waals surface area contributed by atoms with Crippen LogP contribution in [0.1, 0.15) is 22.3 Å². The summed E-state index contributed by atoms with van der Waals surface area (Å²) in [5.41, 5.74) is 5.84. The van der Waals surface area contributed by atoms with Crippen LogP contribution in [0.2, 0.25) is 0 Å². The third kappa shape index (κ3) is 2.56. The summed E-state index contributed by atoms with van der Waals surface area (Å²) in [6, 6.07) is 41.4. The van der Waals surface area contributed by atoms with Crippen molar-refractivity contribution in [3.63, 3.8) is 0 Å². The van der Waals surface area contributed by atoms with Gasteiger partial charge < -0.3 is 4.98 Å². The lowest BCUT2D eigenvalue weighted by molar-refractivity contribution is 0.746. The van der Waals surface area contributed by atoms with Crippen molar-refractivity contribution in [1.82, 2.24) is 4.98 Å². The molecular formula is C27H21N. The fraction of sp³-hybridized carbons (Fsp3) is 0.0370. The van der Waals surface area contributed by atoms with E-state index in [2.05, 4.69) is 120 Å². The molecule has 1 aromatic heterocycles. The van der Waals surface area contributed by atoms with Crippen molar-refractivity contribution in [3.05, 3.63) is 144 Å². The van der Waals surface area contributed by atoms with Crippen molar-refractivity contribution >= 4 is 10.9 Å². The molecule has 0 atom stereocenters. The molecule has 1 heterocycles. The predicted molar refractivity (Wildman–Crippen MR) is 117 cm³/mol. The first kappa shape index (κ1) is 16.6. The second kappa shape index (κ2) is 6.86. The molecule has 1 nitrogen and oxygen atoms in total. The Morgan fingerprint density at radius 2 is 0.964 bits per heavy atom. The van der Waals surface area contributed by atoms with Crippen LogP contribution in [0.3, 0.4) is 0 Å². The van der Waals surface area contributed by atoms with E-state index in [0.717, 1.165) is 5.52 Å². The Morgan fingerprint density at radius 3 is 1.46 bits per heavy atom. The van der Waals surface area contributed by atoms with Crippen LogP contribution in [-0.2, 0) is 5.41 Å². The van der Waals surface area contributed by atoms with Crippen LogP contribution in [0.5, 0.6) is 0 Å². The van der Waals surface area contributed by atoms with Crippen LogP contribution >= 0.6 is 0 Å². The molecule has 0 unspecified atom stereocenters. The molecular weight excluding hydrogens is 338 g/mol. The summed E-state index contributed by atoms with van der Waals surface area (Å²) in [6.07, 6.45) is 2.00. The maximum Gasteiger partial charge on any atom is 0.0701 e. The first-order valence-corrected chi connectivity index (χ1v) is 9.63. The minimum absolute atomic E-state index is 0.380. The predicted octanol–water partition coefficient (Wildman–Crippen LogP) is 6.55. The average Bonchev–Trinajstić information content (AvgIpc) is 3.25. The molecule has 5 rings (SSSR count). The molecule has 0 amide bonds. The zero-order valence-electron chi connectivity index (χ0n) is 15.5. The first-order valence-electron chi connectivity index (χ1n) is 9.63. The van der Waals surface area contributed by atoms with Gasteiger partial charge in [0.1, 0.15) is 0 Å². The molecule has 5 aromatic rings. The summed E-state index contributed by atoms with van der Waals surface area (Å²) in [7, 11) is 0. The van der Waals surface area contributed by atoms with Crippen molar-refractivity contribution < 1.29 is 0 Å². The van der Waals surface area contributed by atoms with Gasteiger partial charge in [-0.25, -0.2) is 0 Å². The van der Waals surface area contributed by atoms with E-state index in [1.54, 1.807) is 0 Å². The Labute approximate surface area is 165 Å². The van der Waals surface area contributed by atoms with E-state index in [0.29, 0.717) is 0 Å². The highest BCUT2D eigenvalue weighted by Gasteiger charge is 2.38. The summed E-state index contributed by atoms with van der Waals surface area (Å²) in [5, 5.41) is 1.23. The number of H-pyrrole nitrogens is 1. The van der Waals surface area contributed by atoms with Crippen molar-refractivity contribution in [1.29, 1.82) is 0 Å². The number of hydrogen-bond acceptors (Lipinski definition) is 0. The minimum atomic E-state index is -0.380. The van der Waals surface area contributed by atoms with Gasteiger partial charge in [-0.2, -0.15) is 0 Å². The highest BCUT2D eigenvalue weighted by atomic mass is 14.7. The molecule has 28 heavy (non-hydrogen) atoms. The molecule has 1 N–H and O–H groups in total. The van der Waals surface area contributed by atoms with Crippen LogP contribution in [-0.4, -0.2) is 4.98 Å². The highest BCUT2D eigenvalue weighted by molar-refractivity contribution is 5.81. The molecule has 0 aliphatic heterocycles. The van der Waals surface area contributed by atoms with Crippen molar-refractivity contribution in [2.24, 2.45) is 0 Å². The summed E-state index contributed by atoms with van der Waals surface area (Å²) < 4.78 is 0. The van der Waals surface area contributed by atoms with Gasteiger partial charge in [-0.05, 0) is 45.8 Å². The van der Waals surface area contributed by atoms with Gasteiger partial charge in [-0.1, -0.05) is 97.1 Å². The quantitative estimate of drug-likeness (QED) is 0.350. The molecule has 1 heteroatoms. The molecule has 0 radical (unpaired) electrons. The fourth-order valence-electron chi connectivity index (χ4n) is 4.35. The zero-order valence-corrected chi connectivity index (χ0v) is 15.5. The molecule has 0 aliphatic rings. The van der Waals surface area contributed by atoms with Gasteiger partial charge in [-0.3, -0.25) is 0 Å². The molecule has 134 valence electrons. The lowest BCUT2D eigenvalue weighted by atomic mass is 9.65. The zero-order chi connectivity index (χ0) is 18.8. The number of hydrogen-bond donors (Lipinski definition) is 1. The van der Waals surface area contributed by atoms with E-state index in [1.807, 2.05) is 6.20 Å². The van der Waals surface area contributed by atoms with Crippen LogP contribution < -0.4 is 0 Å². The number of nitrogens with one attached hydrogen (secondary N) is 1. The molecule has 0 fully saturated rings. The summed E-state index contributed by atoms with van der Waals surface area (Å²) in [6.45, 7) is 0. The van der Waals surface area contributed by atoms with Crippen molar-refractivity contribution in [3.8, 4) is 0 Å². The van der Waals surface area contributed by atoms with Crippen LogP contribution in [0, 0.1) is 0 Å². The Kier molecular flexibility index (Phi) is 4.06. The number of aromatic amines is 1. The molecule has 0 aliphatic carbocycles. The average molecular weight is 359 g/mol. The number of fused-ring (bicyclic) bond motifs is 1. The lowest BCUT2D eigenvalue weighted by Crippen LogP contribution is -2.30. The van der Waals surface area contributed by atoms with Crippen molar-refractivity contribution in [2.45, 2.75) is 5.41 Å². The molecule has 0 saturated carbocycles. The topological polar surface area (TPSA) is 15.8 Å². The van der Waals surface area contributed by atoms with E-state index < -0.39 is 0 Å². The van der Waals surface area contributed by atoms with Crippen LogP contribution in [0.25, 0.3) is 10.9 Å². The van der Waals surface area contributed by atoms with Gasteiger partial charge in [-0.15, -0.1) is 0 Å². The number of benzene rings is 4. The Balaban J connectivity index is 1.92. The third-order valence-electron chi connectivity index (χ3n) is 5.61. The normalized spacial score (nSPS) is 11.6. The molecule has 0 saturated heterocycles. The fourth-order valence-corrected chi connectivity index (χ4v) is 4.35. The van der Waals surface area contributed by atoms with Crippen molar-refractivity contribution in [2.75, 3.05) is 0 Å². The largest absolute Gasteiger partial charge is 0.361 e. The first-order chi connectivity index (χ1) is 13.9. The van der Waals surface area contributed by atoms with Crippen LogP contribution in [0.4, 0.5) is 0 Å². The van der Waals surface area contributed by atoms with E-state index in [1.165, 1.54) is 27.6 Å². The maximum atomic E-state index is 3.32. The van der Waals surface area contributed by atoms with E-state index in [9.17, 15) is 0 Å². The van der Waals surface area contributed by atoms with E-state index in [4.69, 9.17) is 0 Å². The van der Waals surface area contributed by atoms with E-state index in [-0.39, 0.29) is 5.41 Å². The second-order valence-corrected chi connectivity index (χ2v) is 7.13. The summed E-state index contributed by atoms with van der Waals surface area (Å²) >= 11 is 0.